The molecule has 0 amide bonds. The molecule has 0 aliphatic rings. The van der Waals surface area contributed by atoms with E-state index in [0.717, 1.165) is 17.1 Å². The van der Waals surface area contributed by atoms with E-state index in [0.29, 0.717) is 12.2 Å². The van der Waals surface area contributed by atoms with Gasteiger partial charge in [-0.25, -0.2) is 21.6 Å². The number of halogens is 6. The third-order valence-corrected chi connectivity index (χ3v) is 6.97. The van der Waals surface area contributed by atoms with Gasteiger partial charge in [-0.1, -0.05) is 27.4 Å². The lowest BCUT2D eigenvalue weighted by molar-refractivity contribution is -0.928. The zero-order valence-electron chi connectivity index (χ0n) is 19.5. The molecule has 0 aromatic heterocycles. The Morgan fingerprint density at radius 3 is 1.44 bits per heavy atom. The van der Waals surface area contributed by atoms with Crippen molar-refractivity contribution >= 4 is 26.0 Å². The van der Waals surface area contributed by atoms with E-state index >= 15 is 0 Å². The molecule has 0 bridgehead atoms. The summed E-state index contributed by atoms with van der Waals surface area (Å²) in [6.07, 6.45) is 4.59. The summed E-state index contributed by atoms with van der Waals surface area (Å²) in [5.74, 6) is -0.264. The van der Waals surface area contributed by atoms with Gasteiger partial charge in [0, 0.05) is 12.0 Å². The molecule has 0 radical (unpaired) electrons. The van der Waals surface area contributed by atoms with Crippen LogP contribution in [0.25, 0.3) is 4.13 Å². The molecule has 0 spiro atoms. The van der Waals surface area contributed by atoms with Crippen LogP contribution in [0.5, 0.6) is 0 Å². The Bertz CT molecular complexity index is 796. The number of esters is 1. The van der Waals surface area contributed by atoms with Crippen LogP contribution < -0.4 is 0 Å². The minimum atomic E-state index is -6.72. The number of sulfonamides is 2. The maximum Gasteiger partial charge on any atom is 0.480 e. The van der Waals surface area contributed by atoms with Crippen molar-refractivity contribution in [2.24, 2.45) is 0 Å². The molecule has 0 aliphatic heterocycles. The van der Waals surface area contributed by atoms with Crippen LogP contribution in [-0.2, 0) is 29.6 Å². The largest absolute Gasteiger partial charge is 0.480 e. The molecule has 0 N–H and O–H groups in total. The van der Waals surface area contributed by atoms with Crippen LogP contribution in [0.2, 0.25) is 0 Å². The zero-order chi connectivity index (χ0) is 27.4. The first-order valence-corrected chi connectivity index (χ1v) is 13.1. The number of carbonyl (C=O) groups excluding carboxylic acids is 1. The lowest BCUT2D eigenvalue weighted by Crippen LogP contribution is -2.50. The second-order valence-electron chi connectivity index (χ2n) is 7.42. The van der Waals surface area contributed by atoms with E-state index in [9.17, 15) is 48.0 Å². The fourth-order valence-electron chi connectivity index (χ4n) is 3.00. The predicted octanol–water partition coefficient (Wildman–Crippen LogP) is 4.60. The second-order valence-corrected chi connectivity index (χ2v) is 10.8. The summed E-state index contributed by atoms with van der Waals surface area (Å²) >= 11 is 0. The van der Waals surface area contributed by atoms with Crippen molar-refractivity contribution in [2.75, 3.05) is 32.8 Å². The van der Waals surface area contributed by atoms with Gasteiger partial charge in [-0.3, -0.25) is 0 Å². The summed E-state index contributed by atoms with van der Waals surface area (Å²) < 4.78 is 116. The molecule has 0 saturated heterocycles. The molecule has 0 heterocycles. The third-order valence-electron chi connectivity index (χ3n) is 4.23. The molecule has 0 aromatic carbocycles. The van der Waals surface area contributed by atoms with E-state index in [1.54, 1.807) is 6.92 Å². The quantitative estimate of drug-likeness (QED) is 0.109. The van der Waals surface area contributed by atoms with Gasteiger partial charge in [0.15, 0.2) is 20.0 Å². The zero-order valence-corrected chi connectivity index (χ0v) is 21.1. The van der Waals surface area contributed by atoms with Crippen molar-refractivity contribution in [3.8, 4) is 0 Å². The average Bonchev–Trinajstić information content (AvgIpc) is 2.63. The standard InChI is InChI=1S/C16H32NO2.C2F6NO4S2/c1-6-10-17(11-7-2,12-8-3)13-9-14-19-16(18)15(4)5;3-1(4,5)14(10,11)9-15(12,13)2(6,7)8/h4,6-14H2,1-3,5H3;/q+1;-1. The normalized spacial score (nSPS) is 13.1. The number of hydrogen-bond acceptors (Lipinski definition) is 6. The van der Waals surface area contributed by atoms with Crippen LogP contribution in [0.4, 0.5) is 26.3 Å². The first-order chi connectivity index (χ1) is 15.2. The highest BCUT2D eigenvalue weighted by Gasteiger charge is 2.46. The van der Waals surface area contributed by atoms with E-state index in [-0.39, 0.29) is 5.97 Å². The predicted molar refractivity (Wildman–Crippen MR) is 114 cm³/mol. The van der Waals surface area contributed by atoms with E-state index in [2.05, 4.69) is 27.4 Å². The summed E-state index contributed by atoms with van der Waals surface area (Å²) in [5, 5.41) is 0. The van der Waals surface area contributed by atoms with Crippen molar-refractivity contribution in [1.82, 2.24) is 0 Å². The summed E-state index contributed by atoms with van der Waals surface area (Å²) in [6, 6.07) is 0. The molecular weight excluding hydrogens is 518 g/mol. The molecule has 34 heavy (non-hydrogen) atoms. The highest BCUT2D eigenvalue weighted by Crippen LogP contribution is 2.36. The van der Waals surface area contributed by atoms with Crippen molar-refractivity contribution in [3.05, 3.63) is 16.3 Å². The fourth-order valence-corrected chi connectivity index (χ4v) is 4.71. The molecule has 0 aliphatic carbocycles. The smallest absolute Gasteiger partial charge is 0.462 e. The van der Waals surface area contributed by atoms with Gasteiger partial charge in [0.25, 0.3) is 0 Å². The minimum absolute atomic E-state index is 0.264. The maximum absolute atomic E-state index is 11.4. The number of ether oxygens (including phenoxy) is 1. The minimum Gasteiger partial charge on any atom is -0.462 e. The fraction of sp³-hybridized carbons (Fsp3) is 0.833. The van der Waals surface area contributed by atoms with Crippen LogP contribution >= 0.6 is 0 Å². The van der Waals surface area contributed by atoms with Crippen LogP contribution in [0.1, 0.15) is 53.4 Å². The summed E-state index contributed by atoms with van der Waals surface area (Å²) in [5.41, 5.74) is -11.9. The number of alkyl halides is 6. The van der Waals surface area contributed by atoms with Gasteiger partial charge in [0.2, 0.25) is 0 Å². The van der Waals surface area contributed by atoms with Gasteiger partial charge in [0.05, 0.1) is 32.8 Å². The van der Waals surface area contributed by atoms with Gasteiger partial charge < -0.3 is 13.3 Å². The molecule has 8 nitrogen and oxygen atoms in total. The number of nitrogens with zero attached hydrogens (tertiary/aromatic N) is 2. The Morgan fingerprint density at radius 2 is 1.18 bits per heavy atom. The first-order valence-electron chi connectivity index (χ1n) is 10.3. The highest BCUT2D eigenvalue weighted by atomic mass is 32.3. The third kappa shape index (κ3) is 12.4. The summed E-state index contributed by atoms with van der Waals surface area (Å²) in [4.78, 5) is 11.3. The Kier molecular flexibility index (Phi) is 14.6. The van der Waals surface area contributed by atoms with Crippen molar-refractivity contribution < 1.29 is 57.2 Å². The van der Waals surface area contributed by atoms with Crippen molar-refractivity contribution in [2.45, 2.75) is 64.4 Å². The van der Waals surface area contributed by atoms with Gasteiger partial charge in [0.1, 0.15) is 0 Å². The van der Waals surface area contributed by atoms with Gasteiger partial charge in [-0.05, 0) is 26.2 Å². The lowest BCUT2D eigenvalue weighted by Gasteiger charge is -2.38. The molecular formula is C18H32F6N2O6S2. The van der Waals surface area contributed by atoms with Crippen LogP contribution in [-0.4, -0.2) is 71.1 Å². The van der Waals surface area contributed by atoms with Gasteiger partial charge in [-0.15, -0.1) is 0 Å². The van der Waals surface area contributed by atoms with E-state index in [1.165, 1.54) is 43.4 Å². The molecule has 0 rings (SSSR count). The number of carbonyl (C=O) groups is 1. The number of quaternary nitrogens is 1. The second kappa shape index (κ2) is 14.2. The molecule has 0 aromatic rings. The Hall–Kier alpha value is -1.39. The highest BCUT2D eigenvalue weighted by molar-refractivity contribution is 8.13. The Morgan fingerprint density at radius 1 is 0.824 bits per heavy atom. The molecule has 0 unspecified atom stereocenters. The number of hydrogen-bond donors (Lipinski definition) is 0. The SMILES string of the molecule is C=C(C)C(=O)OCCC[N+](CCC)(CCC)CCC.O=S(=O)([N-]S(=O)(=O)C(F)(F)F)C(F)(F)F. The van der Waals surface area contributed by atoms with Crippen molar-refractivity contribution in [1.29, 1.82) is 0 Å². The molecule has 0 saturated carbocycles. The van der Waals surface area contributed by atoms with Gasteiger partial charge >= 0.3 is 17.0 Å². The van der Waals surface area contributed by atoms with E-state index in [4.69, 9.17) is 4.74 Å². The average molecular weight is 551 g/mol. The first kappa shape index (κ1) is 34.8. The molecule has 0 fully saturated rings. The monoisotopic (exact) mass is 550 g/mol. The molecule has 0 atom stereocenters. The van der Waals surface area contributed by atoms with Crippen LogP contribution in [0.3, 0.4) is 0 Å². The lowest BCUT2D eigenvalue weighted by atomic mass is 10.2. The molecule has 16 heteroatoms. The molecule has 204 valence electrons. The summed E-state index contributed by atoms with van der Waals surface area (Å²) in [6.45, 7) is 17.4. The Labute approximate surface area is 197 Å². The van der Waals surface area contributed by atoms with Crippen molar-refractivity contribution in [3.63, 3.8) is 0 Å². The van der Waals surface area contributed by atoms with Gasteiger partial charge in [-0.2, -0.15) is 26.3 Å². The van der Waals surface area contributed by atoms with E-state index < -0.39 is 31.1 Å². The number of rotatable bonds is 13. The van der Waals surface area contributed by atoms with Crippen LogP contribution in [0, 0.1) is 0 Å². The van der Waals surface area contributed by atoms with E-state index in [1.807, 2.05) is 0 Å². The summed E-state index contributed by atoms with van der Waals surface area (Å²) in [7, 11) is -13.4. The van der Waals surface area contributed by atoms with Crippen LogP contribution in [0.15, 0.2) is 12.2 Å². The maximum atomic E-state index is 11.4. The Balaban J connectivity index is 0. The topological polar surface area (TPSA) is 109 Å².